The van der Waals surface area contributed by atoms with Crippen LogP contribution in [0.3, 0.4) is 0 Å². The molecular formula is C19H20N4O3S. The molecule has 1 aromatic carbocycles. The van der Waals surface area contributed by atoms with Gasteiger partial charge in [0.2, 0.25) is 5.91 Å². The lowest BCUT2D eigenvalue weighted by molar-refractivity contribution is -0.115. The van der Waals surface area contributed by atoms with Crippen molar-refractivity contribution in [3.05, 3.63) is 56.4 Å². The standard InChI is InChI=1S/C19H20N4O3S/c1-10-6-5-7-11(2)15(10)22-13(24)8-20-17(25)16-12(3)14-18(27-16)21-9-23(4)19(14)26/h5-7,9H,8H2,1-4H3,(H,20,25)(H,22,24). The molecule has 0 fully saturated rings. The van der Waals surface area contributed by atoms with Gasteiger partial charge in [-0.05, 0) is 37.5 Å². The van der Waals surface area contributed by atoms with Crippen LogP contribution in [-0.4, -0.2) is 27.9 Å². The average Bonchev–Trinajstić information content (AvgIpc) is 2.97. The van der Waals surface area contributed by atoms with E-state index in [2.05, 4.69) is 15.6 Å². The SMILES string of the molecule is Cc1cccc(C)c1NC(=O)CNC(=O)c1sc2ncn(C)c(=O)c2c1C. The minimum Gasteiger partial charge on any atom is -0.342 e. The molecule has 7 nitrogen and oxygen atoms in total. The Kier molecular flexibility index (Phi) is 5.09. The molecule has 0 aliphatic rings. The van der Waals surface area contributed by atoms with Crippen LogP contribution in [0.4, 0.5) is 5.69 Å². The molecule has 2 amide bonds. The predicted molar refractivity (Wildman–Crippen MR) is 106 cm³/mol. The number of amides is 2. The third-order valence-corrected chi connectivity index (χ3v) is 5.57. The monoisotopic (exact) mass is 384 g/mol. The molecule has 2 N–H and O–H groups in total. The molecule has 3 aromatic rings. The van der Waals surface area contributed by atoms with Gasteiger partial charge in [0.05, 0.1) is 23.1 Å². The van der Waals surface area contributed by atoms with Crippen LogP contribution in [0.5, 0.6) is 0 Å². The van der Waals surface area contributed by atoms with E-state index in [4.69, 9.17) is 0 Å². The molecule has 0 atom stereocenters. The van der Waals surface area contributed by atoms with Gasteiger partial charge in [-0.3, -0.25) is 14.4 Å². The summed E-state index contributed by atoms with van der Waals surface area (Å²) in [5, 5.41) is 5.88. The van der Waals surface area contributed by atoms with E-state index in [9.17, 15) is 14.4 Å². The van der Waals surface area contributed by atoms with Crippen LogP contribution in [0, 0.1) is 20.8 Å². The second-order valence-electron chi connectivity index (χ2n) is 6.39. The summed E-state index contributed by atoms with van der Waals surface area (Å²) in [5.74, 6) is -0.706. The first kappa shape index (κ1) is 18.8. The van der Waals surface area contributed by atoms with E-state index < -0.39 is 5.91 Å². The summed E-state index contributed by atoms with van der Waals surface area (Å²) < 4.78 is 1.38. The Morgan fingerprint density at radius 1 is 1.19 bits per heavy atom. The number of para-hydroxylation sites is 1. The summed E-state index contributed by atoms with van der Waals surface area (Å²) in [7, 11) is 1.61. The van der Waals surface area contributed by atoms with E-state index in [0.29, 0.717) is 20.7 Å². The van der Waals surface area contributed by atoms with E-state index in [1.54, 1.807) is 14.0 Å². The number of carbonyl (C=O) groups excluding carboxylic acids is 2. The number of anilines is 1. The molecule has 0 spiro atoms. The lowest BCUT2D eigenvalue weighted by Crippen LogP contribution is -2.33. The number of nitrogens with zero attached hydrogens (tertiary/aromatic N) is 2. The highest BCUT2D eigenvalue weighted by atomic mass is 32.1. The van der Waals surface area contributed by atoms with Crippen molar-refractivity contribution in [3.8, 4) is 0 Å². The van der Waals surface area contributed by atoms with Gasteiger partial charge >= 0.3 is 0 Å². The molecule has 8 heteroatoms. The maximum absolute atomic E-state index is 12.5. The Morgan fingerprint density at radius 3 is 2.52 bits per heavy atom. The number of aromatic nitrogens is 2. The third-order valence-electron chi connectivity index (χ3n) is 4.37. The molecule has 0 saturated carbocycles. The van der Waals surface area contributed by atoms with Crippen LogP contribution in [0.1, 0.15) is 26.4 Å². The zero-order valence-corrected chi connectivity index (χ0v) is 16.4. The third kappa shape index (κ3) is 3.61. The minimum absolute atomic E-state index is 0.161. The second-order valence-corrected chi connectivity index (χ2v) is 7.39. The molecule has 140 valence electrons. The highest BCUT2D eigenvalue weighted by Crippen LogP contribution is 2.26. The number of rotatable bonds is 4. The number of aryl methyl sites for hydroxylation is 4. The summed E-state index contributed by atoms with van der Waals surface area (Å²) in [6.07, 6.45) is 1.43. The van der Waals surface area contributed by atoms with Gasteiger partial charge in [0, 0.05) is 12.7 Å². The Morgan fingerprint density at radius 2 is 1.85 bits per heavy atom. The van der Waals surface area contributed by atoms with Gasteiger partial charge in [-0.1, -0.05) is 18.2 Å². The summed E-state index contributed by atoms with van der Waals surface area (Å²) in [6.45, 7) is 5.38. The van der Waals surface area contributed by atoms with E-state index in [1.807, 2.05) is 32.0 Å². The highest BCUT2D eigenvalue weighted by molar-refractivity contribution is 7.20. The molecule has 0 unspecified atom stereocenters. The lowest BCUT2D eigenvalue weighted by Gasteiger charge is -2.11. The van der Waals surface area contributed by atoms with Gasteiger partial charge in [-0.15, -0.1) is 11.3 Å². The van der Waals surface area contributed by atoms with Gasteiger partial charge in [-0.2, -0.15) is 0 Å². The topological polar surface area (TPSA) is 93.1 Å². The molecule has 0 aliphatic heterocycles. The smallest absolute Gasteiger partial charge is 0.262 e. The number of benzene rings is 1. The van der Waals surface area contributed by atoms with Crippen LogP contribution >= 0.6 is 11.3 Å². The van der Waals surface area contributed by atoms with E-state index in [0.717, 1.165) is 28.2 Å². The second kappa shape index (κ2) is 7.32. The minimum atomic E-state index is -0.394. The van der Waals surface area contributed by atoms with E-state index >= 15 is 0 Å². The molecule has 2 aromatic heterocycles. The molecule has 3 rings (SSSR count). The highest BCUT2D eigenvalue weighted by Gasteiger charge is 2.19. The predicted octanol–water partition coefficient (Wildman–Crippen LogP) is 2.29. The van der Waals surface area contributed by atoms with E-state index in [-0.39, 0.29) is 18.0 Å². The largest absolute Gasteiger partial charge is 0.342 e. The van der Waals surface area contributed by atoms with Crippen molar-refractivity contribution in [1.82, 2.24) is 14.9 Å². The van der Waals surface area contributed by atoms with Crippen LogP contribution in [0.25, 0.3) is 10.2 Å². The van der Waals surface area contributed by atoms with Crippen molar-refractivity contribution < 1.29 is 9.59 Å². The van der Waals surface area contributed by atoms with Gasteiger partial charge in [0.1, 0.15) is 4.83 Å². The van der Waals surface area contributed by atoms with Crippen molar-refractivity contribution in [3.63, 3.8) is 0 Å². The number of hydrogen-bond acceptors (Lipinski definition) is 5. The van der Waals surface area contributed by atoms with E-state index in [1.165, 1.54) is 10.9 Å². The Labute approximate surface area is 160 Å². The number of thiophene rings is 1. The Hall–Kier alpha value is -3.00. The van der Waals surface area contributed by atoms with Gasteiger partial charge in [0.25, 0.3) is 11.5 Å². The number of carbonyl (C=O) groups is 2. The Balaban J connectivity index is 1.74. The van der Waals surface area contributed by atoms with Gasteiger partial charge in [0.15, 0.2) is 0 Å². The maximum Gasteiger partial charge on any atom is 0.262 e. The van der Waals surface area contributed by atoms with Crippen molar-refractivity contribution in [2.45, 2.75) is 20.8 Å². The first-order valence-electron chi connectivity index (χ1n) is 8.38. The van der Waals surface area contributed by atoms with Gasteiger partial charge < -0.3 is 15.2 Å². The van der Waals surface area contributed by atoms with Gasteiger partial charge in [-0.25, -0.2) is 4.98 Å². The van der Waals surface area contributed by atoms with Crippen molar-refractivity contribution >= 4 is 39.1 Å². The summed E-state index contributed by atoms with van der Waals surface area (Å²) in [4.78, 5) is 42.1. The zero-order chi connectivity index (χ0) is 19.7. The molecular weight excluding hydrogens is 364 g/mol. The molecule has 0 saturated heterocycles. The summed E-state index contributed by atoms with van der Waals surface area (Å²) >= 11 is 1.15. The molecule has 0 bridgehead atoms. The van der Waals surface area contributed by atoms with Crippen molar-refractivity contribution in [1.29, 1.82) is 0 Å². The molecule has 2 heterocycles. The van der Waals surface area contributed by atoms with Crippen LogP contribution < -0.4 is 16.2 Å². The molecule has 0 radical (unpaired) electrons. The fourth-order valence-electron chi connectivity index (χ4n) is 2.86. The number of fused-ring (bicyclic) bond motifs is 1. The fourth-order valence-corrected chi connectivity index (χ4v) is 3.92. The quantitative estimate of drug-likeness (QED) is 0.722. The average molecular weight is 384 g/mol. The first-order chi connectivity index (χ1) is 12.8. The zero-order valence-electron chi connectivity index (χ0n) is 15.5. The number of nitrogens with one attached hydrogen (secondary N) is 2. The van der Waals surface area contributed by atoms with Crippen LogP contribution in [-0.2, 0) is 11.8 Å². The fraction of sp³-hybridized carbons (Fsp3) is 0.263. The van der Waals surface area contributed by atoms with Crippen molar-refractivity contribution in [2.24, 2.45) is 7.05 Å². The molecule has 0 aliphatic carbocycles. The van der Waals surface area contributed by atoms with Crippen LogP contribution in [0.2, 0.25) is 0 Å². The normalized spacial score (nSPS) is 10.8. The lowest BCUT2D eigenvalue weighted by atomic mass is 10.1. The van der Waals surface area contributed by atoms with Crippen molar-refractivity contribution in [2.75, 3.05) is 11.9 Å². The summed E-state index contributed by atoms with van der Waals surface area (Å²) in [5.41, 5.74) is 3.05. The first-order valence-corrected chi connectivity index (χ1v) is 9.20. The Bertz CT molecular complexity index is 1090. The summed E-state index contributed by atoms with van der Waals surface area (Å²) in [6, 6.07) is 5.75. The number of hydrogen-bond donors (Lipinski definition) is 2. The molecule has 27 heavy (non-hydrogen) atoms. The maximum atomic E-state index is 12.5. The van der Waals surface area contributed by atoms with Crippen LogP contribution in [0.15, 0.2) is 29.3 Å².